The van der Waals surface area contributed by atoms with E-state index in [1.165, 1.54) is 62.5 Å². The molecule has 0 amide bonds. The lowest BCUT2D eigenvalue weighted by molar-refractivity contribution is -0.141. The van der Waals surface area contributed by atoms with Crippen LogP contribution in [0.4, 0.5) is 0 Å². The van der Waals surface area contributed by atoms with Crippen molar-refractivity contribution in [3.8, 4) is 11.5 Å². The maximum absolute atomic E-state index is 11.7. The van der Waals surface area contributed by atoms with Crippen molar-refractivity contribution in [3.05, 3.63) is 48.6 Å². The molecule has 0 radical (unpaired) electrons. The molecule has 4 aliphatic carbocycles. The molecule has 48 heavy (non-hydrogen) atoms. The Labute approximate surface area is 287 Å². The molecule has 0 saturated heterocycles. The van der Waals surface area contributed by atoms with E-state index in [1.807, 2.05) is 6.07 Å². The Hall–Kier alpha value is -2.84. The van der Waals surface area contributed by atoms with Gasteiger partial charge in [0, 0.05) is 29.3 Å². The summed E-state index contributed by atoms with van der Waals surface area (Å²) in [6, 6.07) is 4.40. The third-order valence-electron chi connectivity index (χ3n) is 12.1. The van der Waals surface area contributed by atoms with Gasteiger partial charge in [-0.25, -0.2) is 9.59 Å². The average molecular weight is 667 g/mol. The molecule has 0 spiro atoms. The summed E-state index contributed by atoms with van der Waals surface area (Å²) < 4.78 is 23.2. The number of carbonyl (C=O) groups is 2. The molecule has 266 valence electrons. The number of benzene rings is 1. The third kappa shape index (κ3) is 8.47. The molecular formula is C40H58O8. The van der Waals surface area contributed by atoms with Gasteiger partial charge < -0.3 is 29.2 Å². The van der Waals surface area contributed by atoms with Crippen LogP contribution in [0.1, 0.15) is 115 Å². The van der Waals surface area contributed by atoms with E-state index in [-0.39, 0.29) is 37.3 Å². The summed E-state index contributed by atoms with van der Waals surface area (Å²) in [7, 11) is 0. The molecule has 5 rings (SSSR count). The number of aliphatic hydroxyl groups excluding tert-OH is 2. The van der Waals surface area contributed by atoms with E-state index in [9.17, 15) is 19.8 Å². The molecule has 0 aliphatic heterocycles. The van der Waals surface area contributed by atoms with Gasteiger partial charge >= 0.3 is 11.9 Å². The number of hydrogen-bond donors (Lipinski definition) is 2. The van der Waals surface area contributed by atoms with Gasteiger partial charge in [0.15, 0.2) is 0 Å². The molecule has 4 saturated carbocycles. The van der Waals surface area contributed by atoms with E-state index in [2.05, 4.69) is 33.1 Å². The Morgan fingerprint density at radius 2 is 1.08 bits per heavy atom. The SMILES string of the molecule is C=CC(=O)OCC(O)COc1cc(OCC(O)COC(=O)C=C)c(C2(CC)CC3CCCC(C3)C2)cc1C1(CC)CC2CCCC(C2)C1. The minimum Gasteiger partial charge on any atom is -0.490 e. The van der Waals surface area contributed by atoms with Crippen molar-refractivity contribution >= 4 is 11.9 Å². The first-order valence-electron chi connectivity index (χ1n) is 18.5. The second kappa shape index (κ2) is 16.2. The highest BCUT2D eigenvalue weighted by Gasteiger charge is 2.47. The Morgan fingerprint density at radius 1 is 0.708 bits per heavy atom. The third-order valence-corrected chi connectivity index (χ3v) is 12.1. The fourth-order valence-corrected chi connectivity index (χ4v) is 9.89. The maximum atomic E-state index is 11.7. The first-order chi connectivity index (χ1) is 23.1. The fraction of sp³-hybridized carbons (Fsp3) is 0.700. The minimum absolute atomic E-state index is 0.0495. The second-order valence-corrected chi connectivity index (χ2v) is 15.3. The van der Waals surface area contributed by atoms with E-state index in [0.29, 0.717) is 35.2 Å². The lowest BCUT2D eigenvalue weighted by Crippen LogP contribution is -2.41. The fourth-order valence-electron chi connectivity index (χ4n) is 9.89. The Balaban J connectivity index is 1.56. The molecular weight excluding hydrogens is 608 g/mol. The van der Waals surface area contributed by atoms with Gasteiger partial charge in [0.05, 0.1) is 0 Å². The predicted octanol–water partition coefficient (Wildman–Crippen LogP) is 7.12. The summed E-state index contributed by atoms with van der Waals surface area (Å²) in [4.78, 5) is 23.3. The quantitative estimate of drug-likeness (QED) is 0.142. The number of fused-ring (bicyclic) bond motifs is 4. The number of hydrogen-bond acceptors (Lipinski definition) is 8. The summed E-state index contributed by atoms with van der Waals surface area (Å²) in [5.41, 5.74) is 2.27. The molecule has 2 N–H and O–H groups in total. The zero-order valence-corrected chi connectivity index (χ0v) is 29.3. The summed E-state index contributed by atoms with van der Waals surface area (Å²) in [5, 5.41) is 21.5. The van der Waals surface area contributed by atoms with Gasteiger partial charge in [0.1, 0.15) is 50.1 Å². The highest BCUT2D eigenvalue weighted by Crippen LogP contribution is 2.58. The van der Waals surface area contributed by atoms with Crippen LogP contribution in [0, 0.1) is 23.7 Å². The van der Waals surface area contributed by atoms with Gasteiger partial charge in [-0.1, -0.05) is 65.5 Å². The van der Waals surface area contributed by atoms with Crippen LogP contribution in [0.5, 0.6) is 11.5 Å². The van der Waals surface area contributed by atoms with Crippen LogP contribution in [0.15, 0.2) is 37.4 Å². The van der Waals surface area contributed by atoms with Gasteiger partial charge in [0.25, 0.3) is 0 Å². The first-order valence-corrected chi connectivity index (χ1v) is 18.5. The molecule has 1 aromatic rings. The molecule has 0 aromatic heterocycles. The van der Waals surface area contributed by atoms with Gasteiger partial charge in [-0.15, -0.1) is 0 Å². The largest absolute Gasteiger partial charge is 0.490 e. The lowest BCUT2D eigenvalue weighted by Gasteiger charge is -2.50. The van der Waals surface area contributed by atoms with Crippen molar-refractivity contribution in [1.29, 1.82) is 0 Å². The highest BCUT2D eigenvalue weighted by atomic mass is 16.6. The molecule has 4 bridgehead atoms. The number of ether oxygens (including phenoxy) is 4. The summed E-state index contributed by atoms with van der Waals surface area (Å²) in [6.45, 7) is 11.0. The van der Waals surface area contributed by atoms with Crippen LogP contribution < -0.4 is 9.47 Å². The lowest BCUT2D eigenvalue weighted by atomic mass is 9.55. The average Bonchev–Trinajstić information content (AvgIpc) is 3.10. The maximum Gasteiger partial charge on any atom is 0.330 e. The van der Waals surface area contributed by atoms with E-state index in [1.54, 1.807) is 0 Å². The Kier molecular flexibility index (Phi) is 12.3. The van der Waals surface area contributed by atoms with Crippen molar-refractivity contribution in [2.45, 2.75) is 127 Å². The highest BCUT2D eigenvalue weighted by molar-refractivity contribution is 5.81. The summed E-state index contributed by atoms with van der Waals surface area (Å²) >= 11 is 0. The molecule has 0 heterocycles. The topological polar surface area (TPSA) is 112 Å². The Bertz CT molecular complexity index is 1170. The molecule has 6 atom stereocenters. The van der Waals surface area contributed by atoms with Gasteiger partial charge in [-0.3, -0.25) is 0 Å². The predicted molar refractivity (Wildman–Crippen MR) is 185 cm³/mol. The number of esters is 2. The summed E-state index contributed by atoms with van der Waals surface area (Å²) in [6.07, 6.45) is 16.9. The first kappa shape index (κ1) is 36.4. The zero-order valence-electron chi connectivity index (χ0n) is 29.3. The summed E-state index contributed by atoms with van der Waals surface area (Å²) in [5.74, 6) is 2.94. The number of carbonyl (C=O) groups excluding carboxylic acids is 2. The molecule has 6 unspecified atom stereocenters. The molecule has 4 fully saturated rings. The van der Waals surface area contributed by atoms with Crippen LogP contribution in [0.2, 0.25) is 0 Å². The van der Waals surface area contributed by atoms with Crippen LogP contribution in [0.25, 0.3) is 0 Å². The normalized spacial score (nSPS) is 30.8. The second-order valence-electron chi connectivity index (χ2n) is 15.3. The van der Waals surface area contributed by atoms with Crippen molar-refractivity contribution in [1.82, 2.24) is 0 Å². The Morgan fingerprint density at radius 3 is 1.42 bits per heavy atom. The van der Waals surface area contributed by atoms with Crippen molar-refractivity contribution in [2.75, 3.05) is 26.4 Å². The minimum atomic E-state index is -1.02. The molecule has 8 nitrogen and oxygen atoms in total. The number of rotatable bonds is 16. The van der Waals surface area contributed by atoms with E-state index in [4.69, 9.17) is 18.9 Å². The van der Waals surface area contributed by atoms with Crippen LogP contribution >= 0.6 is 0 Å². The van der Waals surface area contributed by atoms with Crippen LogP contribution in [-0.4, -0.2) is 60.8 Å². The monoisotopic (exact) mass is 666 g/mol. The van der Waals surface area contributed by atoms with Gasteiger partial charge in [-0.05, 0) is 91.9 Å². The van der Waals surface area contributed by atoms with Crippen molar-refractivity contribution in [3.63, 3.8) is 0 Å². The van der Waals surface area contributed by atoms with Crippen LogP contribution in [0.3, 0.4) is 0 Å². The van der Waals surface area contributed by atoms with E-state index in [0.717, 1.165) is 50.7 Å². The molecule has 4 aliphatic rings. The standard InChI is InChI=1S/C40H58O8/c1-5-37(43)47-25-31(41)23-45-35-18-36(46-24-32(42)26-48-38(44)6-2)34(40(8-4)21-29-13-10-14-30(16-29)22-40)17-33(35)39(7-3)19-27-11-9-12-28(15-27)20-39/h5-6,17-18,27-32,41-42H,1-2,7-16,19-26H2,3-4H3. The zero-order chi connectivity index (χ0) is 34.3. The smallest absolute Gasteiger partial charge is 0.330 e. The van der Waals surface area contributed by atoms with E-state index < -0.39 is 24.1 Å². The molecule has 1 aromatic carbocycles. The van der Waals surface area contributed by atoms with Crippen molar-refractivity contribution < 1.29 is 38.7 Å². The molecule has 8 heteroatoms. The van der Waals surface area contributed by atoms with E-state index >= 15 is 0 Å². The van der Waals surface area contributed by atoms with Crippen molar-refractivity contribution in [2.24, 2.45) is 23.7 Å². The van der Waals surface area contributed by atoms with Gasteiger partial charge in [-0.2, -0.15) is 0 Å². The number of aliphatic hydroxyl groups is 2. The van der Waals surface area contributed by atoms with Gasteiger partial charge in [0.2, 0.25) is 0 Å². The van der Waals surface area contributed by atoms with Crippen LogP contribution in [-0.2, 0) is 29.9 Å².